The summed E-state index contributed by atoms with van der Waals surface area (Å²) in [5.74, 6) is -0.277. The van der Waals surface area contributed by atoms with Crippen molar-refractivity contribution >= 4 is 23.5 Å². The van der Waals surface area contributed by atoms with Crippen molar-refractivity contribution < 1.29 is 14.2 Å². The molecule has 0 bridgehead atoms. The summed E-state index contributed by atoms with van der Waals surface area (Å²) in [7, 11) is 6.15. The lowest BCUT2D eigenvalue weighted by molar-refractivity contribution is -0.869. The third-order valence-electron chi connectivity index (χ3n) is 5.08. The molecule has 8 heteroatoms. The van der Waals surface area contributed by atoms with Crippen molar-refractivity contribution in [2.24, 2.45) is 4.99 Å². The Bertz CT molecular complexity index is 1040. The number of non-ortho nitro benzene ring substituents is 1. The third-order valence-corrected chi connectivity index (χ3v) is 5.08. The fourth-order valence-electron chi connectivity index (χ4n) is 3.29. The number of nitrogens with one attached hydrogen (secondary N) is 2. The number of amides is 1. The molecule has 0 spiro atoms. The van der Waals surface area contributed by atoms with Gasteiger partial charge < -0.3 is 15.1 Å². The van der Waals surface area contributed by atoms with E-state index in [0.717, 1.165) is 16.6 Å². The lowest BCUT2D eigenvalue weighted by Gasteiger charge is -2.34. The van der Waals surface area contributed by atoms with Crippen molar-refractivity contribution in [3.8, 4) is 0 Å². The van der Waals surface area contributed by atoms with Crippen LogP contribution in [0.4, 0.5) is 5.69 Å². The second-order valence-corrected chi connectivity index (χ2v) is 8.69. The van der Waals surface area contributed by atoms with Crippen LogP contribution in [0.1, 0.15) is 18.1 Å². The average Bonchev–Trinajstić information content (AvgIpc) is 2.73. The minimum absolute atomic E-state index is 0.0412. The Labute approximate surface area is 182 Å². The van der Waals surface area contributed by atoms with E-state index in [0.29, 0.717) is 23.4 Å². The monoisotopic (exact) mass is 422 g/mol. The number of hydrogen-bond acceptors (Lipinski definition) is 5. The second kappa shape index (κ2) is 8.69. The van der Waals surface area contributed by atoms with Crippen LogP contribution in [0.25, 0.3) is 5.70 Å². The highest BCUT2D eigenvalue weighted by Crippen LogP contribution is 2.32. The van der Waals surface area contributed by atoms with Gasteiger partial charge in [0.25, 0.3) is 11.6 Å². The molecular formula is C23H28N5O3+. The van der Waals surface area contributed by atoms with E-state index >= 15 is 0 Å². The maximum atomic E-state index is 13.0. The SMILES string of the molecule is CC1(c2ccccc2)N=CC(C(=O)NCC[N+](C)(C)C)=C(c2cccc([N+](=O)[O-])c2)N1. The predicted octanol–water partition coefficient (Wildman–Crippen LogP) is 2.68. The van der Waals surface area contributed by atoms with Crippen molar-refractivity contribution in [3.63, 3.8) is 0 Å². The molecule has 0 radical (unpaired) electrons. The Hall–Kier alpha value is -3.52. The quantitative estimate of drug-likeness (QED) is 0.407. The van der Waals surface area contributed by atoms with Crippen LogP contribution in [-0.2, 0) is 10.5 Å². The van der Waals surface area contributed by atoms with Gasteiger partial charge in [-0.3, -0.25) is 19.9 Å². The molecule has 0 saturated heterocycles. The molecule has 1 aliphatic rings. The van der Waals surface area contributed by atoms with Gasteiger partial charge in [0, 0.05) is 23.9 Å². The summed E-state index contributed by atoms with van der Waals surface area (Å²) >= 11 is 0. The molecule has 2 aromatic carbocycles. The van der Waals surface area contributed by atoms with Crippen LogP contribution in [0.2, 0.25) is 0 Å². The summed E-state index contributed by atoms with van der Waals surface area (Å²) in [5.41, 5.74) is 1.47. The molecule has 0 aliphatic carbocycles. The molecular weight excluding hydrogens is 394 g/mol. The van der Waals surface area contributed by atoms with Gasteiger partial charge in [-0.05, 0) is 12.5 Å². The molecule has 2 N–H and O–H groups in total. The van der Waals surface area contributed by atoms with E-state index in [1.54, 1.807) is 18.3 Å². The van der Waals surface area contributed by atoms with Gasteiger partial charge in [0.1, 0.15) is 0 Å². The van der Waals surface area contributed by atoms with E-state index in [9.17, 15) is 14.9 Å². The number of rotatable bonds is 7. The minimum atomic E-state index is -0.812. The largest absolute Gasteiger partial charge is 0.357 e. The summed E-state index contributed by atoms with van der Waals surface area (Å²) in [6.45, 7) is 3.16. The highest BCUT2D eigenvalue weighted by molar-refractivity contribution is 6.18. The first-order valence-corrected chi connectivity index (χ1v) is 10.1. The molecule has 3 rings (SSSR count). The number of benzene rings is 2. The maximum absolute atomic E-state index is 13.0. The third kappa shape index (κ3) is 5.35. The first kappa shape index (κ1) is 22.2. The Morgan fingerprint density at radius 1 is 1.16 bits per heavy atom. The summed E-state index contributed by atoms with van der Waals surface area (Å²) in [5, 5.41) is 17.6. The maximum Gasteiger partial charge on any atom is 0.270 e. The van der Waals surface area contributed by atoms with Gasteiger partial charge in [-0.25, -0.2) is 0 Å². The van der Waals surface area contributed by atoms with E-state index in [1.807, 2.05) is 37.3 Å². The van der Waals surface area contributed by atoms with E-state index in [-0.39, 0.29) is 11.6 Å². The summed E-state index contributed by atoms with van der Waals surface area (Å²) in [6.07, 6.45) is 1.55. The van der Waals surface area contributed by atoms with Gasteiger partial charge in [-0.2, -0.15) is 0 Å². The number of hydrogen-bond donors (Lipinski definition) is 2. The molecule has 1 atom stereocenters. The zero-order valence-corrected chi connectivity index (χ0v) is 18.3. The van der Waals surface area contributed by atoms with Gasteiger partial charge in [0.15, 0.2) is 5.66 Å². The van der Waals surface area contributed by atoms with Gasteiger partial charge in [0.2, 0.25) is 0 Å². The highest BCUT2D eigenvalue weighted by atomic mass is 16.6. The topological polar surface area (TPSA) is 96.6 Å². The van der Waals surface area contributed by atoms with E-state index in [2.05, 4.69) is 36.8 Å². The highest BCUT2D eigenvalue weighted by Gasteiger charge is 2.32. The fourth-order valence-corrected chi connectivity index (χ4v) is 3.29. The van der Waals surface area contributed by atoms with Gasteiger partial charge in [-0.15, -0.1) is 0 Å². The number of quaternary nitrogens is 1. The normalized spacial score (nSPS) is 18.5. The summed E-state index contributed by atoms with van der Waals surface area (Å²) in [6, 6.07) is 15.9. The minimum Gasteiger partial charge on any atom is -0.357 e. The molecule has 8 nitrogen and oxygen atoms in total. The number of likely N-dealkylation sites (N-methyl/N-ethyl adjacent to an activating group) is 1. The zero-order chi connectivity index (χ0) is 22.6. The fraction of sp³-hybridized carbons (Fsp3) is 0.304. The Morgan fingerprint density at radius 3 is 2.52 bits per heavy atom. The number of nitrogens with zero attached hydrogens (tertiary/aromatic N) is 3. The standard InChI is InChI=1S/C23H27N5O3/c1-23(18-10-6-5-7-11-18)25-16-20(22(29)24-13-14-28(2,3)4)21(26-23)17-9-8-12-19(15-17)27(30)31/h5-12,15-16H,13-14H2,1-4H3,(H-,24,25,26,29)/p+1. The molecule has 1 aliphatic heterocycles. The summed E-state index contributed by atoms with van der Waals surface area (Å²) < 4.78 is 0.718. The average molecular weight is 423 g/mol. The lowest BCUT2D eigenvalue weighted by atomic mass is 9.96. The second-order valence-electron chi connectivity index (χ2n) is 8.69. The molecule has 0 saturated carbocycles. The molecule has 0 fully saturated rings. The van der Waals surface area contributed by atoms with E-state index in [4.69, 9.17) is 0 Å². The Kier molecular flexibility index (Phi) is 6.21. The molecule has 2 aromatic rings. The molecule has 162 valence electrons. The van der Waals surface area contributed by atoms with E-state index < -0.39 is 10.6 Å². The first-order chi connectivity index (χ1) is 14.6. The van der Waals surface area contributed by atoms with Gasteiger partial charge in [-0.1, -0.05) is 42.5 Å². The Balaban J connectivity index is 2.00. The molecule has 31 heavy (non-hydrogen) atoms. The number of carbonyl (C=O) groups excluding carboxylic acids is 1. The smallest absolute Gasteiger partial charge is 0.270 e. The van der Waals surface area contributed by atoms with Crippen LogP contribution in [0.5, 0.6) is 0 Å². The van der Waals surface area contributed by atoms with Crippen molar-refractivity contribution in [3.05, 3.63) is 81.4 Å². The lowest BCUT2D eigenvalue weighted by Crippen LogP contribution is -2.44. The van der Waals surface area contributed by atoms with E-state index in [1.165, 1.54) is 12.1 Å². The van der Waals surface area contributed by atoms with Crippen molar-refractivity contribution in [2.75, 3.05) is 34.2 Å². The predicted molar refractivity (Wildman–Crippen MR) is 121 cm³/mol. The van der Waals surface area contributed by atoms with Crippen molar-refractivity contribution in [2.45, 2.75) is 12.6 Å². The molecule has 0 aromatic heterocycles. The van der Waals surface area contributed by atoms with Crippen LogP contribution in [0.15, 0.2) is 65.2 Å². The number of nitro groups is 1. The number of nitro benzene ring substituents is 1. The van der Waals surface area contributed by atoms with Crippen LogP contribution in [-0.4, -0.2) is 55.8 Å². The Morgan fingerprint density at radius 2 is 1.87 bits per heavy atom. The molecule has 1 heterocycles. The van der Waals surface area contributed by atoms with Crippen LogP contribution >= 0.6 is 0 Å². The first-order valence-electron chi connectivity index (χ1n) is 10.1. The number of aliphatic imine (C=N–C) groups is 1. The zero-order valence-electron chi connectivity index (χ0n) is 18.3. The van der Waals surface area contributed by atoms with Crippen molar-refractivity contribution in [1.82, 2.24) is 10.6 Å². The van der Waals surface area contributed by atoms with Gasteiger partial charge in [0.05, 0.1) is 50.4 Å². The molecule has 1 amide bonds. The summed E-state index contributed by atoms with van der Waals surface area (Å²) in [4.78, 5) is 28.5. The van der Waals surface area contributed by atoms with Crippen LogP contribution < -0.4 is 10.6 Å². The molecule has 1 unspecified atom stereocenters. The number of carbonyl (C=O) groups is 1. The van der Waals surface area contributed by atoms with Crippen LogP contribution in [0, 0.1) is 10.1 Å². The van der Waals surface area contributed by atoms with Crippen molar-refractivity contribution in [1.29, 1.82) is 0 Å². The van der Waals surface area contributed by atoms with Crippen LogP contribution in [0.3, 0.4) is 0 Å². The van der Waals surface area contributed by atoms with Gasteiger partial charge >= 0.3 is 0 Å².